The van der Waals surface area contributed by atoms with E-state index in [4.69, 9.17) is 0 Å². The van der Waals surface area contributed by atoms with Crippen molar-refractivity contribution in [1.82, 2.24) is 4.72 Å². The molecule has 7 heteroatoms. The largest absolute Gasteiger partial charge is 0.469 e. The van der Waals surface area contributed by atoms with E-state index in [0.717, 1.165) is 0 Å². The molecular weight excluding hydrogens is 268 g/mol. The van der Waals surface area contributed by atoms with Gasteiger partial charge in [-0.25, -0.2) is 8.42 Å². The van der Waals surface area contributed by atoms with Crippen molar-refractivity contribution in [3.05, 3.63) is 29.8 Å². The molecule has 6 nitrogen and oxygen atoms in total. The first-order chi connectivity index (χ1) is 9.04. The Morgan fingerprint density at radius 2 is 2.11 bits per heavy atom. The van der Waals surface area contributed by atoms with Gasteiger partial charge in [0.05, 0.1) is 12.0 Å². The number of benzene rings is 1. The average Bonchev–Trinajstić information content (AvgIpc) is 2.67. The smallest absolute Gasteiger partial charge is 0.305 e. The number of hydrogen-bond acceptors (Lipinski definition) is 5. The Balaban J connectivity index is 2.09. The number of carbonyl (C=O) groups excluding carboxylic acids is 1. The van der Waals surface area contributed by atoms with Crippen molar-refractivity contribution < 1.29 is 17.9 Å². The maximum Gasteiger partial charge on any atom is 0.305 e. The molecule has 0 radical (unpaired) electrons. The molecule has 0 aromatic heterocycles. The van der Waals surface area contributed by atoms with Gasteiger partial charge < -0.3 is 4.74 Å². The molecule has 1 aromatic rings. The van der Waals surface area contributed by atoms with Gasteiger partial charge in [-0.2, -0.15) is 0 Å². The van der Waals surface area contributed by atoms with E-state index in [-0.39, 0.29) is 17.3 Å². The van der Waals surface area contributed by atoms with Gasteiger partial charge in [-0.1, -0.05) is 12.1 Å². The zero-order valence-corrected chi connectivity index (χ0v) is 11.2. The number of ether oxygens (including phenoxy) is 1. The second-order valence-corrected chi connectivity index (χ2v) is 5.66. The monoisotopic (exact) mass is 282 g/mol. The molecule has 0 saturated carbocycles. The van der Waals surface area contributed by atoms with Crippen molar-refractivity contribution in [2.45, 2.75) is 17.7 Å². The minimum Gasteiger partial charge on any atom is -0.469 e. The van der Waals surface area contributed by atoms with Crippen LogP contribution in [0, 0.1) is 0 Å². The molecule has 0 spiro atoms. The topological polar surface area (TPSA) is 84.8 Å². The Morgan fingerprint density at radius 3 is 2.84 bits per heavy atom. The molecule has 0 unspecified atom stereocenters. The number of hydrogen-bond donors (Lipinski definition) is 1. The van der Waals surface area contributed by atoms with Crippen LogP contribution in [0.3, 0.4) is 0 Å². The summed E-state index contributed by atoms with van der Waals surface area (Å²) in [5.74, 6) is 0.0352. The van der Waals surface area contributed by atoms with Crippen LogP contribution in [0.1, 0.15) is 18.4 Å². The number of rotatable bonds is 4. The highest BCUT2D eigenvalue weighted by molar-refractivity contribution is 7.90. The lowest BCUT2D eigenvalue weighted by Crippen LogP contribution is -2.22. The first-order valence-corrected chi connectivity index (χ1v) is 7.26. The number of nitrogens with zero attached hydrogens (tertiary/aromatic N) is 1. The van der Waals surface area contributed by atoms with Crippen LogP contribution in [0.5, 0.6) is 0 Å². The summed E-state index contributed by atoms with van der Waals surface area (Å²) in [6, 6.07) is 6.66. The number of amidine groups is 1. The highest BCUT2D eigenvalue weighted by atomic mass is 32.2. The van der Waals surface area contributed by atoms with Gasteiger partial charge in [-0.05, 0) is 18.6 Å². The highest BCUT2D eigenvalue weighted by Gasteiger charge is 2.29. The maximum absolute atomic E-state index is 11.8. The van der Waals surface area contributed by atoms with Crippen LogP contribution in [-0.2, 0) is 19.6 Å². The van der Waals surface area contributed by atoms with Gasteiger partial charge >= 0.3 is 5.97 Å². The number of methoxy groups -OCH3 is 1. The quantitative estimate of drug-likeness (QED) is 0.650. The van der Waals surface area contributed by atoms with Gasteiger partial charge in [0.2, 0.25) is 0 Å². The van der Waals surface area contributed by atoms with Crippen molar-refractivity contribution in [2.75, 3.05) is 13.7 Å². The molecule has 0 aliphatic carbocycles. The van der Waals surface area contributed by atoms with Crippen molar-refractivity contribution >= 4 is 21.8 Å². The van der Waals surface area contributed by atoms with Crippen LogP contribution in [0.2, 0.25) is 0 Å². The van der Waals surface area contributed by atoms with Crippen LogP contribution in [0.15, 0.2) is 34.2 Å². The first-order valence-electron chi connectivity index (χ1n) is 5.78. The Morgan fingerprint density at radius 1 is 1.37 bits per heavy atom. The van der Waals surface area contributed by atoms with E-state index in [1.807, 2.05) is 0 Å². The fraction of sp³-hybridized carbons (Fsp3) is 0.333. The van der Waals surface area contributed by atoms with Crippen LogP contribution in [0.25, 0.3) is 0 Å². The lowest BCUT2D eigenvalue weighted by molar-refractivity contribution is -0.140. The minimum absolute atomic E-state index is 0.238. The van der Waals surface area contributed by atoms with E-state index in [0.29, 0.717) is 24.4 Å². The molecule has 0 bridgehead atoms. The highest BCUT2D eigenvalue weighted by Crippen LogP contribution is 2.22. The summed E-state index contributed by atoms with van der Waals surface area (Å²) in [7, 11) is -2.16. The fourth-order valence-corrected chi connectivity index (χ4v) is 3.02. The first kappa shape index (κ1) is 13.5. The third-order valence-electron chi connectivity index (χ3n) is 2.70. The summed E-state index contributed by atoms with van der Waals surface area (Å²) in [4.78, 5) is 15.3. The third-order valence-corrected chi connectivity index (χ3v) is 4.10. The molecule has 1 aromatic carbocycles. The SMILES string of the molecule is COC(=O)CCCN=C1NS(=O)(=O)c2ccccc21. The van der Waals surface area contributed by atoms with Crippen LogP contribution in [0.4, 0.5) is 0 Å². The van der Waals surface area contributed by atoms with E-state index in [1.54, 1.807) is 18.2 Å². The molecule has 1 aliphatic rings. The molecule has 1 heterocycles. The average molecular weight is 282 g/mol. The summed E-state index contributed by atoms with van der Waals surface area (Å²) >= 11 is 0. The molecule has 0 atom stereocenters. The fourth-order valence-electron chi connectivity index (χ4n) is 1.77. The van der Waals surface area contributed by atoms with Gasteiger partial charge in [-0.15, -0.1) is 0 Å². The van der Waals surface area contributed by atoms with E-state index >= 15 is 0 Å². The zero-order valence-electron chi connectivity index (χ0n) is 10.4. The van der Waals surface area contributed by atoms with Crippen molar-refractivity contribution in [2.24, 2.45) is 4.99 Å². The summed E-state index contributed by atoms with van der Waals surface area (Å²) in [6.07, 6.45) is 0.780. The van der Waals surface area contributed by atoms with E-state index < -0.39 is 10.0 Å². The molecule has 1 aliphatic heterocycles. The third kappa shape index (κ3) is 2.93. The Hall–Kier alpha value is -1.89. The zero-order chi connectivity index (χ0) is 13.9. The predicted octanol–water partition coefficient (Wildman–Crippen LogP) is 0.678. The van der Waals surface area contributed by atoms with Gasteiger partial charge in [0.15, 0.2) is 0 Å². The maximum atomic E-state index is 11.8. The molecule has 1 N–H and O–H groups in total. The number of esters is 1. The number of fused-ring (bicyclic) bond motifs is 1. The normalized spacial score (nSPS) is 17.8. The number of sulfonamides is 1. The van der Waals surface area contributed by atoms with E-state index in [1.165, 1.54) is 13.2 Å². The minimum atomic E-state index is -3.49. The number of nitrogens with one attached hydrogen (secondary N) is 1. The molecule has 0 amide bonds. The van der Waals surface area contributed by atoms with Crippen LogP contribution < -0.4 is 4.72 Å². The van der Waals surface area contributed by atoms with Crippen molar-refractivity contribution in [3.63, 3.8) is 0 Å². The Labute approximate surface area is 111 Å². The van der Waals surface area contributed by atoms with Gasteiger partial charge in [0.1, 0.15) is 5.84 Å². The Kier molecular flexibility index (Phi) is 3.84. The number of carbonyl (C=O) groups is 1. The summed E-state index contributed by atoms with van der Waals surface area (Å²) in [5.41, 5.74) is 0.570. The molecular formula is C12H14N2O4S. The molecule has 0 saturated heterocycles. The van der Waals surface area contributed by atoms with E-state index in [2.05, 4.69) is 14.5 Å². The van der Waals surface area contributed by atoms with E-state index in [9.17, 15) is 13.2 Å². The standard InChI is InChI=1S/C12H14N2O4S/c1-18-11(15)7-4-8-13-12-9-5-2-3-6-10(9)19(16,17)14-12/h2-3,5-6H,4,7-8H2,1H3,(H,13,14). The lowest BCUT2D eigenvalue weighted by atomic mass is 10.2. The summed E-state index contributed by atoms with van der Waals surface area (Å²) < 4.78 is 30.5. The predicted molar refractivity (Wildman–Crippen MR) is 69.4 cm³/mol. The second-order valence-electron chi connectivity index (χ2n) is 4.01. The summed E-state index contributed by atoms with van der Waals surface area (Å²) in [5, 5.41) is 0. The van der Waals surface area contributed by atoms with Gasteiger partial charge in [0.25, 0.3) is 10.0 Å². The molecule has 19 heavy (non-hydrogen) atoms. The Bertz CT molecular complexity index is 622. The second kappa shape index (κ2) is 5.40. The van der Waals surface area contributed by atoms with Gasteiger partial charge in [-0.3, -0.25) is 14.5 Å². The molecule has 0 fully saturated rings. The van der Waals surface area contributed by atoms with Crippen molar-refractivity contribution in [1.29, 1.82) is 0 Å². The van der Waals surface area contributed by atoms with Crippen LogP contribution in [-0.4, -0.2) is 33.9 Å². The van der Waals surface area contributed by atoms with Crippen LogP contribution >= 0.6 is 0 Å². The molecule has 102 valence electrons. The lowest BCUT2D eigenvalue weighted by Gasteiger charge is -1.99. The molecule has 2 rings (SSSR count). The van der Waals surface area contributed by atoms with Crippen molar-refractivity contribution in [3.8, 4) is 0 Å². The number of aliphatic imine (C=N–C) groups is 1. The summed E-state index contributed by atoms with van der Waals surface area (Å²) in [6.45, 7) is 0.362. The van der Waals surface area contributed by atoms with Gasteiger partial charge in [0, 0.05) is 18.5 Å².